The van der Waals surface area contributed by atoms with Gasteiger partial charge in [0.25, 0.3) is 5.91 Å². The quantitative estimate of drug-likeness (QED) is 0.634. The average Bonchev–Trinajstić information content (AvgIpc) is 2.80. The number of amides is 1. The second kappa shape index (κ2) is 9.26. The number of carbonyl (C=O) groups excluding carboxylic acids is 1. The number of piperidine rings is 1. The standard InChI is InChI=1S/C24H24N6O/c1-17-15-22(30-13-3-2-4-14-30)29-24(26-17)28-21-11-9-20(10-12-21)27-23(31)19-7-5-18(16-25)6-8-19/h5-12,15H,2-4,13-14H2,1H3,(H,27,31)(H,26,28,29). The van der Waals surface area contributed by atoms with Crippen LogP contribution in [-0.2, 0) is 0 Å². The van der Waals surface area contributed by atoms with Crippen molar-refractivity contribution in [2.24, 2.45) is 0 Å². The van der Waals surface area contributed by atoms with Gasteiger partial charge in [-0.15, -0.1) is 0 Å². The highest BCUT2D eigenvalue weighted by Crippen LogP contribution is 2.22. The lowest BCUT2D eigenvalue weighted by molar-refractivity contribution is 0.102. The van der Waals surface area contributed by atoms with Gasteiger partial charge in [0.1, 0.15) is 5.82 Å². The Hall–Kier alpha value is -3.92. The van der Waals surface area contributed by atoms with E-state index in [-0.39, 0.29) is 5.91 Å². The van der Waals surface area contributed by atoms with Crippen LogP contribution in [0.25, 0.3) is 0 Å². The fourth-order valence-electron chi connectivity index (χ4n) is 3.56. The van der Waals surface area contributed by atoms with Gasteiger partial charge < -0.3 is 15.5 Å². The highest BCUT2D eigenvalue weighted by molar-refractivity contribution is 6.04. The second-order valence-corrected chi connectivity index (χ2v) is 7.58. The number of nitrogens with one attached hydrogen (secondary N) is 2. The fraction of sp³-hybridized carbons (Fsp3) is 0.250. The molecule has 7 nitrogen and oxygen atoms in total. The molecule has 1 aliphatic rings. The Morgan fingerprint density at radius 1 is 0.968 bits per heavy atom. The van der Waals surface area contributed by atoms with Gasteiger partial charge in [-0.3, -0.25) is 4.79 Å². The van der Waals surface area contributed by atoms with Crippen LogP contribution in [0.2, 0.25) is 0 Å². The van der Waals surface area contributed by atoms with Crippen LogP contribution < -0.4 is 15.5 Å². The lowest BCUT2D eigenvalue weighted by Gasteiger charge is -2.28. The summed E-state index contributed by atoms with van der Waals surface area (Å²) in [4.78, 5) is 23.9. The van der Waals surface area contributed by atoms with Crippen LogP contribution in [0.3, 0.4) is 0 Å². The number of aryl methyl sites for hydroxylation is 1. The van der Waals surface area contributed by atoms with E-state index in [2.05, 4.69) is 25.5 Å². The second-order valence-electron chi connectivity index (χ2n) is 7.58. The summed E-state index contributed by atoms with van der Waals surface area (Å²) in [6, 6.07) is 18.0. The predicted octanol–water partition coefficient (Wildman–Crippen LogP) is 4.64. The number of hydrogen-bond acceptors (Lipinski definition) is 6. The van der Waals surface area contributed by atoms with E-state index in [1.54, 1.807) is 24.3 Å². The van der Waals surface area contributed by atoms with Crippen LogP contribution >= 0.6 is 0 Å². The van der Waals surface area contributed by atoms with Crippen molar-refractivity contribution in [3.63, 3.8) is 0 Å². The summed E-state index contributed by atoms with van der Waals surface area (Å²) in [7, 11) is 0. The molecule has 2 heterocycles. The van der Waals surface area contributed by atoms with Crippen molar-refractivity contribution in [1.82, 2.24) is 9.97 Å². The van der Waals surface area contributed by atoms with E-state index in [0.717, 1.165) is 30.3 Å². The van der Waals surface area contributed by atoms with E-state index >= 15 is 0 Å². The molecule has 0 radical (unpaired) electrons. The van der Waals surface area contributed by atoms with E-state index in [1.807, 2.05) is 43.3 Å². The predicted molar refractivity (Wildman–Crippen MR) is 122 cm³/mol. The van der Waals surface area contributed by atoms with Crippen molar-refractivity contribution in [3.05, 3.63) is 71.4 Å². The van der Waals surface area contributed by atoms with E-state index < -0.39 is 0 Å². The van der Waals surface area contributed by atoms with Crippen molar-refractivity contribution in [2.45, 2.75) is 26.2 Å². The van der Waals surface area contributed by atoms with Crippen molar-refractivity contribution in [2.75, 3.05) is 28.6 Å². The molecule has 0 unspecified atom stereocenters. The number of aromatic nitrogens is 2. The molecule has 0 atom stereocenters. The van der Waals surface area contributed by atoms with Crippen molar-refractivity contribution in [1.29, 1.82) is 5.26 Å². The maximum absolute atomic E-state index is 12.4. The van der Waals surface area contributed by atoms with E-state index in [0.29, 0.717) is 22.8 Å². The van der Waals surface area contributed by atoms with Gasteiger partial charge >= 0.3 is 0 Å². The summed E-state index contributed by atoms with van der Waals surface area (Å²) in [6.07, 6.45) is 3.67. The molecule has 2 N–H and O–H groups in total. The lowest BCUT2D eigenvalue weighted by atomic mass is 10.1. The van der Waals surface area contributed by atoms with E-state index in [9.17, 15) is 4.79 Å². The molecule has 1 aliphatic heterocycles. The van der Waals surface area contributed by atoms with Gasteiger partial charge in [-0.05, 0) is 74.7 Å². The van der Waals surface area contributed by atoms with Gasteiger partial charge in [0.15, 0.2) is 0 Å². The number of anilines is 4. The summed E-state index contributed by atoms with van der Waals surface area (Å²) < 4.78 is 0. The Labute approximate surface area is 181 Å². The molecule has 3 aromatic rings. The van der Waals surface area contributed by atoms with Gasteiger partial charge in [0.2, 0.25) is 5.95 Å². The Balaban J connectivity index is 1.42. The zero-order chi connectivity index (χ0) is 21.6. The molecule has 156 valence electrons. The third-order valence-electron chi connectivity index (χ3n) is 5.20. The Kier molecular flexibility index (Phi) is 6.08. The average molecular weight is 412 g/mol. The molecule has 1 amide bonds. The summed E-state index contributed by atoms with van der Waals surface area (Å²) in [5.74, 6) is 1.30. The maximum atomic E-state index is 12.4. The molecule has 7 heteroatoms. The summed E-state index contributed by atoms with van der Waals surface area (Å²) >= 11 is 0. The molecular formula is C24H24N6O. The summed E-state index contributed by atoms with van der Waals surface area (Å²) in [5, 5.41) is 15.0. The van der Waals surface area contributed by atoms with Crippen LogP contribution in [0, 0.1) is 18.3 Å². The Bertz CT molecular complexity index is 1100. The number of nitrogens with zero attached hydrogens (tertiary/aromatic N) is 4. The van der Waals surface area contributed by atoms with Crippen LogP contribution in [-0.4, -0.2) is 29.0 Å². The summed E-state index contributed by atoms with van der Waals surface area (Å²) in [5.41, 5.74) is 3.46. The highest BCUT2D eigenvalue weighted by Gasteiger charge is 2.14. The molecular weight excluding hydrogens is 388 g/mol. The minimum atomic E-state index is -0.224. The van der Waals surface area contributed by atoms with Gasteiger partial charge in [-0.1, -0.05) is 0 Å². The number of nitriles is 1. The first kappa shape index (κ1) is 20.4. The fourth-order valence-corrected chi connectivity index (χ4v) is 3.56. The molecule has 0 saturated carbocycles. The number of hydrogen-bond donors (Lipinski definition) is 2. The molecule has 2 aromatic carbocycles. The maximum Gasteiger partial charge on any atom is 0.255 e. The molecule has 31 heavy (non-hydrogen) atoms. The highest BCUT2D eigenvalue weighted by atomic mass is 16.1. The molecule has 1 saturated heterocycles. The van der Waals surface area contributed by atoms with Crippen molar-refractivity contribution >= 4 is 29.0 Å². The van der Waals surface area contributed by atoms with Crippen LogP contribution in [0.1, 0.15) is 40.9 Å². The van der Waals surface area contributed by atoms with Gasteiger partial charge in [0, 0.05) is 41.8 Å². The van der Waals surface area contributed by atoms with Crippen LogP contribution in [0.15, 0.2) is 54.6 Å². The normalized spacial score (nSPS) is 13.4. The third kappa shape index (κ3) is 5.17. The van der Waals surface area contributed by atoms with Crippen molar-refractivity contribution < 1.29 is 4.79 Å². The van der Waals surface area contributed by atoms with Gasteiger partial charge in [-0.25, -0.2) is 4.98 Å². The van der Waals surface area contributed by atoms with Crippen molar-refractivity contribution in [3.8, 4) is 6.07 Å². The first-order valence-corrected chi connectivity index (χ1v) is 10.4. The smallest absolute Gasteiger partial charge is 0.255 e. The van der Waals surface area contributed by atoms with Crippen LogP contribution in [0.5, 0.6) is 0 Å². The molecule has 0 bridgehead atoms. The largest absolute Gasteiger partial charge is 0.356 e. The lowest BCUT2D eigenvalue weighted by Crippen LogP contribution is -2.30. The Morgan fingerprint density at radius 2 is 1.65 bits per heavy atom. The summed E-state index contributed by atoms with van der Waals surface area (Å²) in [6.45, 7) is 4.04. The van der Waals surface area contributed by atoms with E-state index in [4.69, 9.17) is 5.26 Å². The monoisotopic (exact) mass is 412 g/mol. The molecule has 0 spiro atoms. The number of carbonyl (C=O) groups is 1. The number of rotatable bonds is 5. The van der Waals surface area contributed by atoms with Gasteiger partial charge in [0.05, 0.1) is 11.6 Å². The Morgan fingerprint density at radius 3 is 2.32 bits per heavy atom. The minimum Gasteiger partial charge on any atom is -0.356 e. The molecule has 4 rings (SSSR count). The molecule has 1 aromatic heterocycles. The first-order chi connectivity index (χ1) is 15.1. The van der Waals surface area contributed by atoms with Crippen LogP contribution in [0.4, 0.5) is 23.1 Å². The van der Waals surface area contributed by atoms with Gasteiger partial charge in [-0.2, -0.15) is 10.2 Å². The SMILES string of the molecule is Cc1cc(N2CCCCC2)nc(Nc2ccc(NC(=O)c3ccc(C#N)cc3)cc2)n1. The first-order valence-electron chi connectivity index (χ1n) is 10.4. The minimum absolute atomic E-state index is 0.224. The molecule has 1 fully saturated rings. The third-order valence-corrected chi connectivity index (χ3v) is 5.20. The zero-order valence-electron chi connectivity index (χ0n) is 17.4. The van der Waals surface area contributed by atoms with E-state index in [1.165, 1.54) is 19.3 Å². The zero-order valence-corrected chi connectivity index (χ0v) is 17.4. The number of benzene rings is 2. The molecule has 0 aliphatic carbocycles. The topological polar surface area (TPSA) is 93.9 Å².